The van der Waals surface area contributed by atoms with Gasteiger partial charge in [0.05, 0.1) is 11.5 Å². The molecule has 3 aromatic rings. The number of anilines is 2. The number of amides is 1. The molecule has 1 aliphatic heterocycles. The first-order valence-electron chi connectivity index (χ1n) is 8.98. The van der Waals surface area contributed by atoms with Crippen molar-refractivity contribution in [1.29, 1.82) is 0 Å². The zero-order chi connectivity index (χ0) is 20.9. The lowest BCUT2D eigenvalue weighted by molar-refractivity contribution is -0.113. The van der Waals surface area contributed by atoms with Gasteiger partial charge >= 0.3 is 0 Å². The van der Waals surface area contributed by atoms with E-state index >= 15 is 0 Å². The van der Waals surface area contributed by atoms with Crippen molar-refractivity contribution in [2.45, 2.75) is 12.1 Å². The van der Waals surface area contributed by atoms with Gasteiger partial charge in [0, 0.05) is 11.3 Å². The van der Waals surface area contributed by atoms with Gasteiger partial charge in [-0.05, 0) is 37.3 Å². The number of fused-ring (bicyclic) bond motifs is 1. The molecule has 1 amide bonds. The normalized spacial score (nSPS) is 12.6. The third kappa shape index (κ3) is 4.46. The highest BCUT2D eigenvalue weighted by molar-refractivity contribution is 7.99. The lowest BCUT2D eigenvalue weighted by Crippen LogP contribution is -2.17. The highest BCUT2D eigenvalue weighted by Crippen LogP contribution is 2.32. The number of ether oxygens (including phenoxy) is 2. The van der Waals surface area contributed by atoms with Crippen molar-refractivity contribution in [1.82, 2.24) is 14.9 Å². The smallest absolute Gasteiger partial charge is 0.264 e. The predicted octanol–water partition coefficient (Wildman–Crippen LogP) is 2.29. The molecule has 0 unspecified atom stereocenters. The summed E-state index contributed by atoms with van der Waals surface area (Å²) in [6.07, 6.45) is 0. The van der Waals surface area contributed by atoms with Gasteiger partial charge in [0.15, 0.2) is 11.5 Å². The van der Waals surface area contributed by atoms with E-state index in [9.17, 15) is 4.79 Å². The van der Waals surface area contributed by atoms with Crippen molar-refractivity contribution in [2.75, 3.05) is 29.1 Å². The minimum absolute atomic E-state index is 0.143. The van der Waals surface area contributed by atoms with Crippen LogP contribution < -0.4 is 26.1 Å². The molecule has 1 aromatic heterocycles. The maximum absolute atomic E-state index is 12.1. The summed E-state index contributed by atoms with van der Waals surface area (Å²) >= 11 is 1.17. The quantitative estimate of drug-likeness (QED) is 0.228. The Labute approximate surface area is 176 Å². The molecule has 2 heterocycles. The molecule has 4 rings (SSSR count). The van der Waals surface area contributed by atoms with Gasteiger partial charge in [-0.2, -0.15) is 5.10 Å². The average Bonchev–Trinajstić information content (AvgIpc) is 3.37. The van der Waals surface area contributed by atoms with Crippen LogP contribution in [0.5, 0.6) is 11.5 Å². The van der Waals surface area contributed by atoms with Crippen LogP contribution in [0.2, 0.25) is 0 Å². The molecule has 2 aromatic carbocycles. The number of nitrogens with zero attached hydrogens (tertiary/aromatic N) is 4. The van der Waals surface area contributed by atoms with Gasteiger partial charge in [0.1, 0.15) is 0 Å². The lowest BCUT2D eigenvalue weighted by Gasteiger charge is -2.06. The number of benzene rings is 2. The summed E-state index contributed by atoms with van der Waals surface area (Å²) < 4.78 is 11.9. The number of hydrogen-bond donors (Lipinski definition) is 3. The van der Waals surface area contributed by atoms with Gasteiger partial charge in [-0.3, -0.25) is 4.79 Å². The third-order valence-electron chi connectivity index (χ3n) is 4.17. The molecule has 1 aliphatic rings. The standard InChI is InChI=1S/C19H19N7O3S/c1-12(13-7-8-15-16(9-13)29-11-28-15)22-23-18-24-25-19(26(18)20)30-10-17(27)21-14-5-3-2-4-6-14/h2-9H,10-11,20H2,1H3,(H,21,27)(H,23,24)/b22-12+. The Kier molecular flexibility index (Phi) is 5.70. The Hall–Kier alpha value is -3.73. The Bertz CT molecular complexity index is 1080. The van der Waals surface area contributed by atoms with Crippen LogP contribution >= 0.6 is 11.8 Å². The number of hydrazone groups is 1. The molecule has 0 saturated carbocycles. The lowest BCUT2D eigenvalue weighted by atomic mass is 10.1. The zero-order valence-corrected chi connectivity index (χ0v) is 16.8. The number of nitrogens with two attached hydrogens (primary N) is 1. The van der Waals surface area contributed by atoms with Crippen molar-refractivity contribution in [3.8, 4) is 11.5 Å². The second-order valence-electron chi connectivity index (χ2n) is 6.26. The summed E-state index contributed by atoms with van der Waals surface area (Å²) in [5, 5.41) is 15.4. The monoisotopic (exact) mass is 425 g/mol. The highest BCUT2D eigenvalue weighted by atomic mass is 32.2. The topological polar surface area (TPSA) is 129 Å². The minimum atomic E-state index is -0.166. The van der Waals surface area contributed by atoms with Crippen LogP contribution in [0.15, 0.2) is 58.8 Å². The van der Waals surface area contributed by atoms with Crippen LogP contribution in [-0.2, 0) is 4.79 Å². The van der Waals surface area contributed by atoms with Gasteiger partial charge in [0.25, 0.3) is 5.95 Å². The van der Waals surface area contributed by atoms with Gasteiger partial charge < -0.3 is 20.6 Å². The minimum Gasteiger partial charge on any atom is -0.454 e. The Morgan fingerprint density at radius 2 is 2.00 bits per heavy atom. The Morgan fingerprint density at radius 3 is 2.83 bits per heavy atom. The number of aromatic nitrogens is 3. The summed E-state index contributed by atoms with van der Waals surface area (Å²) in [6.45, 7) is 2.05. The number of hydrogen-bond acceptors (Lipinski definition) is 9. The van der Waals surface area contributed by atoms with E-state index in [0.29, 0.717) is 22.4 Å². The summed E-state index contributed by atoms with van der Waals surface area (Å²) in [5.41, 5.74) is 5.09. The number of nitrogens with one attached hydrogen (secondary N) is 2. The van der Waals surface area contributed by atoms with E-state index < -0.39 is 0 Å². The molecule has 0 bridgehead atoms. The second kappa shape index (κ2) is 8.74. The van der Waals surface area contributed by atoms with Crippen LogP contribution in [-0.4, -0.2) is 39.0 Å². The van der Waals surface area contributed by atoms with E-state index in [1.807, 2.05) is 55.5 Å². The van der Waals surface area contributed by atoms with Gasteiger partial charge in [0.2, 0.25) is 17.9 Å². The zero-order valence-electron chi connectivity index (χ0n) is 16.0. The molecule has 154 valence electrons. The van der Waals surface area contributed by atoms with Gasteiger partial charge in [-0.1, -0.05) is 30.0 Å². The Balaban J connectivity index is 1.35. The van der Waals surface area contributed by atoms with Crippen molar-refractivity contribution < 1.29 is 14.3 Å². The van der Waals surface area contributed by atoms with Crippen LogP contribution in [0.1, 0.15) is 12.5 Å². The molecule has 0 aliphatic carbocycles. The first-order chi connectivity index (χ1) is 14.6. The summed E-state index contributed by atoms with van der Waals surface area (Å²) in [4.78, 5) is 12.1. The van der Waals surface area contributed by atoms with Crippen molar-refractivity contribution >= 4 is 35.0 Å². The van der Waals surface area contributed by atoms with Crippen LogP contribution in [0.4, 0.5) is 11.6 Å². The van der Waals surface area contributed by atoms with E-state index in [0.717, 1.165) is 11.3 Å². The summed E-state index contributed by atoms with van der Waals surface area (Å²) in [6, 6.07) is 14.8. The first kappa shape index (κ1) is 19.6. The molecule has 0 atom stereocenters. The van der Waals surface area contributed by atoms with E-state index in [4.69, 9.17) is 15.3 Å². The summed E-state index contributed by atoms with van der Waals surface area (Å²) in [5.74, 6) is 7.62. The van der Waals surface area contributed by atoms with E-state index in [1.54, 1.807) is 0 Å². The maximum atomic E-state index is 12.1. The molecule has 4 N–H and O–H groups in total. The van der Waals surface area contributed by atoms with Gasteiger partial charge in [-0.15, -0.1) is 10.2 Å². The van der Waals surface area contributed by atoms with Crippen LogP contribution in [0.3, 0.4) is 0 Å². The average molecular weight is 425 g/mol. The van der Waals surface area contributed by atoms with Crippen molar-refractivity contribution in [3.63, 3.8) is 0 Å². The molecular weight excluding hydrogens is 406 g/mol. The molecule has 30 heavy (non-hydrogen) atoms. The molecule has 0 fully saturated rings. The number of rotatable bonds is 7. The molecule has 11 heteroatoms. The molecule has 0 radical (unpaired) electrons. The maximum Gasteiger partial charge on any atom is 0.264 e. The van der Waals surface area contributed by atoms with Crippen LogP contribution in [0, 0.1) is 0 Å². The fraction of sp³-hybridized carbons (Fsp3) is 0.158. The van der Waals surface area contributed by atoms with Crippen molar-refractivity contribution in [2.24, 2.45) is 5.10 Å². The summed E-state index contributed by atoms with van der Waals surface area (Å²) in [7, 11) is 0. The molecule has 0 saturated heterocycles. The largest absolute Gasteiger partial charge is 0.454 e. The Morgan fingerprint density at radius 1 is 1.20 bits per heavy atom. The van der Waals surface area contributed by atoms with E-state index in [1.165, 1.54) is 16.4 Å². The van der Waals surface area contributed by atoms with Crippen LogP contribution in [0.25, 0.3) is 0 Å². The van der Waals surface area contributed by atoms with Gasteiger partial charge in [-0.25, -0.2) is 10.1 Å². The fourth-order valence-corrected chi connectivity index (χ4v) is 3.28. The second-order valence-corrected chi connectivity index (χ2v) is 7.20. The third-order valence-corrected chi connectivity index (χ3v) is 5.11. The number of thioether (sulfide) groups is 1. The highest BCUT2D eigenvalue weighted by Gasteiger charge is 2.15. The van der Waals surface area contributed by atoms with E-state index in [-0.39, 0.29) is 24.4 Å². The number of para-hydroxylation sites is 1. The number of nitrogen functional groups attached to an aromatic ring is 1. The van der Waals surface area contributed by atoms with Crippen molar-refractivity contribution in [3.05, 3.63) is 54.1 Å². The predicted molar refractivity (Wildman–Crippen MR) is 114 cm³/mol. The number of carbonyl (C=O) groups is 1. The molecular formula is C19H19N7O3S. The fourth-order valence-electron chi connectivity index (χ4n) is 2.62. The van der Waals surface area contributed by atoms with E-state index in [2.05, 4.69) is 26.0 Å². The molecule has 10 nitrogen and oxygen atoms in total. The number of carbonyl (C=O) groups excluding carboxylic acids is 1. The molecule has 0 spiro atoms. The first-order valence-corrected chi connectivity index (χ1v) is 9.97. The SMILES string of the molecule is C/C(=N\Nc1nnc(SCC(=O)Nc2ccccc2)n1N)c1ccc2c(c1)OCO2.